The number of rotatable bonds is 3. The SMILES string of the molecule is Cl.Nc1ncccc1OCC1CCNCC1. The van der Waals surface area contributed by atoms with Crippen molar-refractivity contribution in [1.82, 2.24) is 10.3 Å². The largest absolute Gasteiger partial charge is 0.489 e. The minimum Gasteiger partial charge on any atom is -0.489 e. The van der Waals surface area contributed by atoms with E-state index in [1.165, 1.54) is 12.8 Å². The van der Waals surface area contributed by atoms with E-state index >= 15 is 0 Å². The molecule has 0 bridgehead atoms. The Bertz CT molecular complexity index is 316. The summed E-state index contributed by atoms with van der Waals surface area (Å²) in [6.45, 7) is 2.94. The van der Waals surface area contributed by atoms with Crippen molar-refractivity contribution >= 4 is 18.2 Å². The molecule has 0 unspecified atom stereocenters. The summed E-state index contributed by atoms with van der Waals surface area (Å²) in [4.78, 5) is 3.98. The summed E-state index contributed by atoms with van der Waals surface area (Å²) in [5, 5.41) is 3.33. The number of aromatic nitrogens is 1. The maximum Gasteiger partial charge on any atom is 0.166 e. The fourth-order valence-corrected chi connectivity index (χ4v) is 1.78. The second kappa shape index (κ2) is 6.55. The molecule has 2 heterocycles. The predicted octanol–water partition coefficient (Wildman–Crippen LogP) is 1.46. The Hall–Kier alpha value is -1.00. The van der Waals surface area contributed by atoms with Gasteiger partial charge in [0.15, 0.2) is 11.6 Å². The molecule has 1 aliphatic rings. The van der Waals surface area contributed by atoms with Crippen LogP contribution in [0.4, 0.5) is 5.82 Å². The number of anilines is 1. The zero-order valence-electron chi connectivity index (χ0n) is 9.19. The number of hydrogen-bond acceptors (Lipinski definition) is 4. The van der Waals surface area contributed by atoms with Crippen LogP contribution in [0.5, 0.6) is 5.75 Å². The highest BCUT2D eigenvalue weighted by atomic mass is 35.5. The fraction of sp³-hybridized carbons (Fsp3) is 0.545. The minimum absolute atomic E-state index is 0. The van der Waals surface area contributed by atoms with E-state index in [4.69, 9.17) is 10.5 Å². The zero-order chi connectivity index (χ0) is 10.5. The van der Waals surface area contributed by atoms with Gasteiger partial charge in [-0.3, -0.25) is 0 Å². The van der Waals surface area contributed by atoms with E-state index in [-0.39, 0.29) is 12.4 Å². The number of ether oxygens (including phenoxy) is 1. The Labute approximate surface area is 102 Å². The normalized spacial score (nSPS) is 16.5. The van der Waals surface area contributed by atoms with Gasteiger partial charge in [-0.25, -0.2) is 4.98 Å². The molecule has 0 spiro atoms. The highest BCUT2D eigenvalue weighted by Crippen LogP contribution is 2.19. The highest BCUT2D eigenvalue weighted by Gasteiger charge is 2.14. The summed E-state index contributed by atoms with van der Waals surface area (Å²) in [5.41, 5.74) is 5.69. The van der Waals surface area contributed by atoms with Crippen LogP contribution in [0.3, 0.4) is 0 Å². The number of nitrogens with two attached hydrogens (primary N) is 1. The molecule has 0 radical (unpaired) electrons. The van der Waals surface area contributed by atoms with Crippen molar-refractivity contribution in [3.63, 3.8) is 0 Å². The molecule has 3 N–H and O–H groups in total. The van der Waals surface area contributed by atoms with E-state index in [1.54, 1.807) is 6.20 Å². The molecule has 1 aromatic rings. The van der Waals surface area contributed by atoms with Gasteiger partial charge >= 0.3 is 0 Å². The Morgan fingerprint density at radius 1 is 1.44 bits per heavy atom. The van der Waals surface area contributed by atoms with Crippen molar-refractivity contribution in [2.45, 2.75) is 12.8 Å². The molecule has 90 valence electrons. The van der Waals surface area contributed by atoms with Crippen LogP contribution in [0, 0.1) is 5.92 Å². The van der Waals surface area contributed by atoms with Crippen LogP contribution in [-0.4, -0.2) is 24.7 Å². The first kappa shape index (κ1) is 13.1. The second-order valence-corrected chi connectivity index (χ2v) is 3.89. The van der Waals surface area contributed by atoms with Gasteiger partial charge in [0.25, 0.3) is 0 Å². The van der Waals surface area contributed by atoms with Crippen LogP contribution in [0.1, 0.15) is 12.8 Å². The first-order chi connectivity index (χ1) is 7.36. The van der Waals surface area contributed by atoms with Crippen LogP contribution < -0.4 is 15.8 Å². The zero-order valence-corrected chi connectivity index (χ0v) is 10.0. The lowest BCUT2D eigenvalue weighted by atomic mass is 9.99. The van der Waals surface area contributed by atoms with Crippen LogP contribution in [0.15, 0.2) is 18.3 Å². The van der Waals surface area contributed by atoms with E-state index in [0.29, 0.717) is 17.5 Å². The molecule has 4 nitrogen and oxygen atoms in total. The van der Waals surface area contributed by atoms with E-state index in [2.05, 4.69) is 10.3 Å². The second-order valence-electron chi connectivity index (χ2n) is 3.89. The van der Waals surface area contributed by atoms with Gasteiger partial charge < -0.3 is 15.8 Å². The maximum atomic E-state index is 5.69. The summed E-state index contributed by atoms with van der Waals surface area (Å²) >= 11 is 0. The average molecular weight is 244 g/mol. The van der Waals surface area contributed by atoms with Crippen molar-refractivity contribution in [2.75, 3.05) is 25.4 Å². The lowest BCUT2D eigenvalue weighted by Gasteiger charge is -2.22. The third-order valence-electron chi connectivity index (χ3n) is 2.73. The number of nitrogen functional groups attached to an aromatic ring is 1. The standard InChI is InChI=1S/C11H17N3O.ClH/c12-11-10(2-1-5-14-11)15-8-9-3-6-13-7-4-9;/h1-2,5,9,13H,3-4,6-8H2,(H2,12,14);1H. The molecule has 1 saturated heterocycles. The molecule has 1 fully saturated rings. The third-order valence-corrected chi connectivity index (χ3v) is 2.73. The van der Waals surface area contributed by atoms with Gasteiger partial charge in [0.1, 0.15) is 0 Å². The van der Waals surface area contributed by atoms with Gasteiger partial charge in [-0.1, -0.05) is 0 Å². The number of nitrogens with one attached hydrogen (secondary N) is 1. The van der Waals surface area contributed by atoms with Crippen LogP contribution >= 0.6 is 12.4 Å². The Morgan fingerprint density at radius 2 is 2.19 bits per heavy atom. The molecule has 2 rings (SSSR count). The topological polar surface area (TPSA) is 60.2 Å². The lowest BCUT2D eigenvalue weighted by Crippen LogP contribution is -2.30. The number of halogens is 1. The predicted molar refractivity (Wildman–Crippen MR) is 67.0 cm³/mol. The van der Waals surface area contributed by atoms with E-state index in [9.17, 15) is 0 Å². The highest BCUT2D eigenvalue weighted by molar-refractivity contribution is 5.85. The van der Waals surface area contributed by atoms with Gasteiger partial charge in [-0.15, -0.1) is 12.4 Å². The van der Waals surface area contributed by atoms with Gasteiger partial charge in [-0.2, -0.15) is 0 Å². The van der Waals surface area contributed by atoms with E-state index in [1.807, 2.05) is 12.1 Å². The molecule has 1 aromatic heterocycles. The van der Waals surface area contributed by atoms with E-state index in [0.717, 1.165) is 19.7 Å². The molecule has 0 aromatic carbocycles. The molecule has 0 atom stereocenters. The van der Waals surface area contributed by atoms with Crippen LogP contribution in [-0.2, 0) is 0 Å². The molecule has 1 aliphatic heterocycles. The van der Waals surface area contributed by atoms with Crippen molar-refractivity contribution < 1.29 is 4.74 Å². The fourth-order valence-electron chi connectivity index (χ4n) is 1.78. The summed E-state index contributed by atoms with van der Waals surface area (Å²) in [6.07, 6.45) is 4.03. The Kier molecular flexibility index (Phi) is 5.35. The summed E-state index contributed by atoms with van der Waals surface area (Å²) in [7, 11) is 0. The number of hydrogen-bond donors (Lipinski definition) is 2. The van der Waals surface area contributed by atoms with Gasteiger partial charge in [0.05, 0.1) is 6.61 Å². The molecule has 5 heteroatoms. The van der Waals surface area contributed by atoms with Crippen LogP contribution in [0.2, 0.25) is 0 Å². The monoisotopic (exact) mass is 243 g/mol. The maximum absolute atomic E-state index is 5.69. The van der Waals surface area contributed by atoms with Gasteiger partial charge in [0, 0.05) is 6.20 Å². The number of pyridine rings is 1. The molecular weight excluding hydrogens is 226 g/mol. The average Bonchev–Trinajstić information content (AvgIpc) is 2.29. The quantitative estimate of drug-likeness (QED) is 0.844. The molecule has 0 aliphatic carbocycles. The summed E-state index contributed by atoms with van der Waals surface area (Å²) in [5.74, 6) is 1.83. The molecule has 0 saturated carbocycles. The molecular formula is C11H18ClN3O. The Morgan fingerprint density at radius 3 is 2.88 bits per heavy atom. The Balaban J connectivity index is 0.00000128. The van der Waals surface area contributed by atoms with Crippen molar-refractivity contribution in [3.05, 3.63) is 18.3 Å². The summed E-state index contributed by atoms with van der Waals surface area (Å²) in [6, 6.07) is 3.71. The molecule has 16 heavy (non-hydrogen) atoms. The molecule has 0 amide bonds. The van der Waals surface area contributed by atoms with Crippen molar-refractivity contribution in [3.8, 4) is 5.75 Å². The van der Waals surface area contributed by atoms with Gasteiger partial charge in [-0.05, 0) is 44.0 Å². The first-order valence-electron chi connectivity index (χ1n) is 5.40. The van der Waals surface area contributed by atoms with E-state index < -0.39 is 0 Å². The van der Waals surface area contributed by atoms with Crippen LogP contribution in [0.25, 0.3) is 0 Å². The minimum atomic E-state index is 0. The first-order valence-corrected chi connectivity index (χ1v) is 5.40. The third kappa shape index (κ3) is 3.54. The smallest absolute Gasteiger partial charge is 0.166 e. The number of nitrogens with zero attached hydrogens (tertiary/aromatic N) is 1. The van der Waals surface area contributed by atoms with Gasteiger partial charge in [0.2, 0.25) is 0 Å². The van der Waals surface area contributed by atoms with Crippen molar-refractivity contribution in [1.29, 1.82) is 0 Å². The lowest BCUT2D eigenvalue weighted by molar-refractivity contribution is 0.215. The number of piperidine rings is 1. The van der Waals surface area contributed by atoms with Crippen molar-refractivity contribution in [2.24, 2.45) is 5.92 Å². The summed E-state index contributed by atoms with van der Waals surface area (Å²) < 4.78 is 5.66.